The molecule has 0 saturated carbocycles. The van der Waals surface area contributed by atoms with Crippen LogP contribution in [0.5, 0.6) is 5.75 Å². The second kappa shape index (κ2) is 10.5. The zero-order valence-electron chi connectivity index (χ0n) is 13.1. The number of hydrogen-bond acceptors (Lipinski definition) is 5. The Morgan fingerprint density at radius 2 is 1.83 bits per heavy atom. The van der Waals surface area contributed by atoms with Gasteiger partial charge in [0.2, 0.25) is 0 Å². The molecule has 0 amide bonds. The molecular formula is C16H20Cl2O5. The predicted octanol–water partition coefficient (Wildman–Crippen LogP) is 3.89. The van der Waals surface area contributed by atoms with Crippen molar-refractivity contribution in [2.45, 2.75) is 26.7 Å². The standard InChI is InChI=1S/C16H20Cl2O5/c1-11(2)4-3-7-22-15(19)9-21-10-16(20)23-14-6-5-12(17)8-13(14)18/h5-6,8,11H,3-4,7,9-10H2,1-2H3. The third-order valence-electron chi connectivity index (χ3n) is 2.75. The molecule has 7 heteroatoms. The SMILES string of the molecule is CC(C)CCCOC(=O)COCC(=O)Oc1ccc(Cl)cc1Cl. The van der Waals surface area contributed by atoms with Crippen molar-refractivity contribution >= 4 is 35.1 Å². The first-order chi connectivity index (χ1) is 10.9. The molecule has 0 aromatic heterocycles. The number of rotatable bonds is 9. The van der Waals surface area contributed by atoms with Crippen LogP contribution >= 0.6 is 23.2 Å². The Kier molecular flexibility index (Phi) is 8.99. The van der Waals surface area contributed by atoms with Crippen molar-refractivity contribution in [1.29, 1.82) is 0 Å². The fraction of sp³-hybridized carbons (Fsp3) is 0.500. The molecule has 0 heterocycles. The van der Waals surface area contributed by atoms with E-state index in [0.29, 0.717) is 17.5 Å². The fourth-order valence-corrected chi connectivity index (χ4v) is 2.09. The summed E-state index contributed by atoms with van der Waals surface area (Å²) in [5.41, 5.74) is 0. The number of hydrogen-bond donors (Lipinski definition) is 0. The van der Waals surface area contributed by atoms with Crippen LogP contribution in [0.3, 0.4) is 0 Å². The number of carbonyl (C=O) groups excluding carboxylic acids is 2. The van der Waals surface area contributed by atoms with Crippen molar-refractivity contribution in [3.63, 3.8) is 0 Å². The van der Waals surface area contributed by atoms with Crippen LogP contribution in [0.25, 0.3) is 0 Å². The minimum absolute atomic E-state index is 0.181. The average Bonchev–Trinajstić information content (AvgIpc) is 2.46. The lowest BCUT2D eigenvalue weighted by atomic mass is 10.1. The zero-order chi connectivity index (χ0) is 17.2. The highest BCUT2D eigenvalue weighted by molar-refractivity contribution is 6.35. The molecule has 128 valence electrons. The van der Waals surface area contributed by atoms with E-state index in [4.69, 9.17) is 37.4 Å². The Hall–Kier alpha value is -1.30. The van der Waals surface area contributed by atoms with E-state index in [9.17, 15) is 9.59 Å². The van der Waals surface area contributed by atoms with Gasteiger partial charge in [0.15, 0.2) is 0 Å². The van der Waals surface area contributed by atoms with E-state index in [-0.39, 0.29) is 24.0 Å². The summed E-state index contributed by atoms with van der Waals surface area (Å²) in [5.74, 6) is -0.423. The van der Waals surface area contributed by atoms with Gasteiger partial charge >= 0.3 is 11.9 Å². The van der Waals surface area contributed by atoms with Gasteiger partial charge < -0.3 is 14.2 Å². The van der Waals surface area contributed by atoms with Gasteiger partial charge in [-0.3, -0.25) is 0 Å². The Morgan fingerprint density at radius 3 is 2.48 bits per heavy atom. The molecule has 0 aliphatic rings. The molecule has 0 aliphatic heterocycles. The highest BCUT2D eigenvalue weighted by atomic mass is 35.5. The summed E-state index contributed by atoms with van der Waals surface area (Å²) in [6, 6.07) is 4.48. The monoisotopic (exact) mass is 362 g/mol. The van der Waals surface area contributed by atoms with Gasteiger partial charge in [0.1, 0.15) is 19.0 Å². The number of ether oxygens (including phenoxy) is 3. The van der Waals surface area contributed by atoms with Crippen LogP contribution in [0, 0.1) is 5.92 Å². The van der Waals surface area contributed by atoms with E-state index in [0.717, 1.165) is 12.8 Å². The van der Waals surface area contributed by atoms with Crippen molar-refractivity contribution in [3.8, 4) is 5.75 Å². The summed E-state index contributed by atoms with van der Waals surface area (Å²) in [6.07, 6.45) is 1.79. The minimum Gasteiger partial charge on any atom is -0.464 e. The summed E-state index contributed by atoms with van der Waals surface area (Å²) in [7, 11) is 0. The predicted molar refractivity (Wildman–Crippen MR) is 87.9 cm³/mol. The van der Waals surface area contributed by atoms with Crippen molar-refractivity contribution < 1.29 is 23.8 Å². The molecule has 0 aliphatic carbocycles. The van der Waals surface area contributed by atoms with Gasteiger partial charge in [0.25, 0.3) is 0 Å². The van der Waals surface area contributed by atoms with E-state index >= 15 is 0 Å². The lowest BCUT2D eigenvalue weighted by Gasteiger charge is -2.08. The molecule has 0 unspecified atom stereocenters. The summed E-state index contributed by atoms with van der Waals surface area (Å²) in [5, 5.41) is 0.654. The fourth-order valence-electron chi connectivity index (χ4n) is 1.65. The summed E-state index contributed by atoms with van der Waals surface area (Å²) in [6.45, 7) is 3.88. The van der Waals surface area contributed by atoms with Gasteiger partial charge in [0.05, 0.1) is 11.6 Å². The van der Waals surface area contributed by atoms with Gasteiger partial charge in [0, 0.05) is 5.02 Å². The average molecular weight is 363 g/mol. The smallest absolute Gasteiger partial charge is 0.337 e. The second-order valence-electron chi connectivity index (χ2n) is 5.30. The quantitative estimate of drug-likeness (QED) is 0.378. The van der Waals surface area contributed by atoms with Crippen LogP contribution in [0.4, 0.5) is 0 Å². The molecule has 1 aromatic rings. The number of carbonyl (C=O) groups is 2. The summed E-state index contributed by atoms with van der Waals surface area (Å²) >= 11 is 11.6. The van der Waals surface area contributed by atoms with Crippen LogP contribution in [-0.2, 0) is 19.1 Å². The molecule has 0 radical (unpaired) electrons. The maximum Gasteiger partial charge on any atom is 0.337 e. The molecule has 0 bridgehead atoms. The molecular weight excluding hydrogens is 343 g/mol. The number of halogens is 2. The van der Waals surface area contributed by atoms with Gasteiger partial charge in [-0.15, -0.1) is 0 Å². The van der Waals surface area contributed by atoms with Gasteiger partial charge in [-0.1, -0.05) is 37.0 Å². The summed E-state index contributed by atoms with van der Waals surface area (Å²) in [4.78, 5) is 23.0. The van der Waals surface area contributed by atoms with E-state index in [1.165, 1.54) is 12.1 Å². The second-order valence-corrected chi connectivity index (χ2v) is 6.14. The van der Waals surface area contributed by atoms with Gasteiger partial charge in [-0.25, -0.2) is 9.59 Å². The van der Waals surface area contributed by atoms with E-state index in [1.54, 1.807) is 6.07 Å². The molecule has 0 fully saturated rings. The maximum atomic E-state index is 11.6. The van der Waals surface area contributed by atoms with Gasteiger partial charge in [-0.05, 0) is 37.0 Å². The van der Waals surface area contributed by atoms with Crippen LogP contribution in [0.1, 0.15) is 26.7 Å². The Morgan fingerprint density at radius 1 is 1.13 bits per heavy atom. The molecule has 5 nitrogen and oxygen atoms in total. The van der Waals surface area contributed by atoms with Crippen molar-refractivity contribution in [2.24, 2.45) is 5.92 Å². The third-order valence-corrected chi connectivity index (χ3v) is 3.28. The van der Waals surface area contributed by atoms with Crippen molar-refractivity contribution in [1.82, 2.24) is 0 Å². The lowest BCUT2D eigenvalue weighted by Crippen LogP contribution is -2.20. The third kappa shape index (κ3) is 8.79. The van der Waals surface area contributed by atoms with Crippen molar-refractivity contribution in [2.75, 3.05) is 19.8 Å². The van der Waals surface area contributed by atoms with E-state index < -0.39 is 11.9 Å². The topological polar surface area (TPSA) is 61.8 Å². The Labute approximate surface area is 145 Å². The van der Waals surface area contributed by atoms with Crippen molar-refractivity contribution in [3.05, 3.63) is 28.2 Å². The Balaban J connectivity index is 2.19. The summed E-state index contributed by atoms with van der Waals surface area (Å²) < 4.78 is 14.9. The molecule has 0 spiro atoms. The zero-order valence-corrected chi connectivity index (χ0v) is 14.7. The molecule has 23 heavy (non-hydrogen) atoms. The van der Waals surface area contributed by atoms with Crippen LogP contribution in [-0.4, -0.2) is 31.8 Å². The molecule has 1 rings (SSSR count). The van der Waals surface area contributed by atoms with Crippen LogP contribution in [0.15, 0.2) is 18.2 Å². The highest BCUT2D eigenvalue weighted by Gasteiger charge is 2.11. The first-order valence-electron chi connectivity index (χ1n) is 7.27. The first kappa shape index (κ1) is 19.7. The van der Waals surface area contributed by atoms with Crippen LogP contribution in [0.2, 0.25) is 10.0 Å². The normalized spacial score (nSPS) is 10.7. The van der Waals surface area contributed by atoms with E-state index in [2.05, 4.69) is 13.8 Å². The lowest BCUT2D eigenvalue weighted by molar-refractivity contribution is -0.152. The van der Waals surface area contributed by atoms with Crippen LogP contribution < -0.4 is 4.74 Å². The maximum absolute atomic E-state index is 11.6. The van der Waals surface area contributed by atoms with Gasteiger partial charge in [-0.2, -0.15) is 0 Å². The largest absolute Gasteiger partial charge is 0.464 e. The Bertz CT molecular complexity index is 531. The highest BCUT2D eigenvalue weighted by Crippen LogP contribution is 2.27. The number of esters is 2. The molecule has 0 N–H and O–H groups in total. The minimum atomic E-state index is -0.665. The first-order valence-corrected chi connectivity index (χ1v) is 8.03. The number of benzene rings is 1. The molecule has 0 atom stereocenters. The van der Waals surface area contributed by atoms with E-state index in [1.807, 2.05) is 0 Å². The molecule has 0 saturated heterocycles. The molecule has 1 aromatic carbocycles.